The first-order chi connectivity index (χ1) is 12.2. The molecule has 25 heavy (non-hydrogen) atoms. The predicted octanol–water partition coefficient (Wildman–Crippen LogP) is 4.34. The van der Waals surface area contributed by atoms with Gasteiger partial charge < -0.3 is 14.9 Å². The summed E-state index contributed by atoms with van der Waals surface area (Å²) in [4.78, 5) is 13.1. The van der Waals surface area contributed by atoms with Crippen LogP contribution in [0.3, 0.4) is 0 Å². The van der Waals surface area contributed by atoms with Crippen molar-refractivity contribution >= 4 is 16.8 Å². The summed E-state index contributed by atoms with van der Waals surface area (Å²) in [5.74, 6) is 1.48. The molecule has 0 unspecified atom stereocenters. The van der Waals surface area contributed by atoms with Gasteiger partial charge in [-0.15, -0.1) is 0 Å². The Bertz CT molecular complexity index is 849. The van der Waals surface area contributed by atoms with Crippen molar-refractivity contribution in [2.75, 3.05) is 13.2 Å². The number of hydrogen-bond donors (Lipinski definition) is 1. The number of furan rings is 1. The zero-order valence-corrected chi connectivity index (χ0v) is 14.5. The van der Waals surface area contributed by atoms with Crippen molar-refractivity contribution in [1.29, 1.82) is 0 Å². The number of benzene rings is 2. The van der Waals surface area contributed by atoms with Crippen LogP contribution in [0.1, 0.15) is 41.4 Å². The van der Waals surface area contributed by atoms with Gasteiger partial charge in [-0.3, -0.25) is 4.79 Å². The van der Waals surface area contributed by atoms with Gasteiger partial charge in [-0.25, -0.2) is 0 Å². The lowest BCUT2D eigenvalue weighted by atomic mass is 9.98. The van der Waals surface area contributed by atoms with Crippen LogP contribution in [0.15, 0.2) is 52.9 Å². The van der Waals surface area contributed by atoms with E-state index in [-0.39, 0.29) is 5.78 Å². The number of carbonyl (C=O) groups is 1. The van der Waals surface area contributed by atoms with Crippen LogP contribution in [-0.2, 0) is 6.42 Å². The lowest BCUT2D eigenvalue weighted by molar-refractivity contribution is 0.103. The fourth-order valence-electron chi connectivity index (χ4n) is 2.88. The highest BCUT2D eigenvalue weighted by molar-refractivity contribution is 6.16. The van der Waals surface area contributed by atoms with E-state index in [1.54, 1.807) is 24.3 Å². The van der Waals surface area contributed by atoms with E-state index in [1.165, 1.54) is 0 Å². The third-order valence-corrected chi connectivity index (χ3v) is 4.16. The molecule has 0 saturated carbocycles. The van der Waals surface area contributed by atoms with Crippen molar-refractivity contribution < 1.29 is 13.9 Å². The van der Waals surface area contributed by atoms with Gasteiger partial charge in [-0.05, 0) is 36.8 Å². The third kappa shape index (κ3) is 3.74. The average molecular weight is 337 g/mol. The highest BCUT2D eigenvalue weighted by Gasteiger charge is 2.21. The van der Waals surface area contributed by atoms with Crippen molar-refractivity contribution in [3.63, 3.8) is 0 Å². The first-order valence-corrected chi connectivity index (χ1v) is 8.72. The maximum absolute atomic E-state index is 13.1. The minimum Gasteiger partial charge on any atom is -0.492 e. The number of fused-ring (bicyclic) bond motifs is 1. The van der Waals surface area contributed by atoms with E-state index in [0.717, 1.165) is 36.0 Å². The molecule has 0 radical (unpaired) electrons. The molecule has 1 heterocycles. The zero-order chi connectivity index (χ0) is 17.6. The number of unbranched alkanes of at least 4 members (excludes halogenated alkanes) is 1. The second-order valence-corrected chi connectivity index (χ2v) is 5.99. The van der Waals surface area contributed by atoms with Crippen LogP contribution in [0.4, 0.5) is 0 Å². The molecule has 0 bridgehead atoms. The molecule has 2 N–H and O–H groups in total. The van der Waals surface area contributed by atoms with Crippen LogP contribution in [0.2, 0.25) is 0 Å². The predicted molar refractivity (Wildman–Crippen MR) is 99.2 cm³/mol. The topological polar surface area (TPSA) is 65.5 Å². The summed E-state index contributed by atoms with van der Waals surface area (Å²) in [5, 5.41) is 0.877. The average Bonchev–Trinajstić information content (AvgIpc) is 3.02. The smallest absolute Gasteiger partial charge is 0.197 e. The molecule has 0 aliphatic rings. The van der Waals surface area contributed by atoms with Gasteiger partial charge >= 0.3 is 0 Å². The molecule has 0 aliphatic carbocycles. The fourth-order valence-corrected chi connectivity index (χ4v) is 2.88. The first-order valence-electron chi connectivity index (χ1n) is 8.72. The number of carbonyl (C=O) groups excluding carboxylic acids is 1. The van der Waals surface area contributed by atoms with E-state index >= 15 is 0 Å². The molecule has 4 heteroatoms. The van der Waals surface area contributed by atoms with Gasteiger partial charge in [-0.2, -0.15) is 0 Å². The van der Waals surface area contributed by atoms with Crippen molar-refractivity contribution in [3.8, 4) is 5.75 Å². The van der Waals surface area contributed by atoms with Crippen molar-refractivity contribution in [2.45, 2.75) is 26.2 Å². The summed E-state index contributed by atoms with van der Waals surface area (Å²) in [6, 6.07) is 14.9. The van der Waals surface area contributed by atoms with Gasteiger partial charge in [0.2, 0.25) is 0 Å². The largest absolute Gasteiger partial charge is 0.492 e. The molecule has 130 valence electrons. The molecule has 0 atom stereocenters. The second kappa shape index (κ2) is 7.99. The van der Waals surface area contributed by atoms with Crippen LogP contribution < -0.4 is 10.5 Å². The number of ketones is 1. The molecule has 0 saturated heterocycles. The third-order valence-electron chi connectivity index (χ3n) is 4.16. The van der Waals surface area contributed by atoms with Gasteiger partial charge in [-0.1, -0.05) is 31.5 Å². The zero-order valence-electron chi connectivity index (χ0n) is 14.5. The SMILES string of the molecule is CCCCc1oc2ccccc2c1C(=O)c1ccc(OCCN)cc1. The van der Waals surface area contributed by atoms with Crippen LogP contribution >= 0.6 is 0 Å². The van der Waals surface area contributed by atoms with Gasteiger partial charge in [0.25, 0.3) is 0 Å². The molecular weight excluding hydrogens is 314 g/mol. The Morgan fingerprint density at radius 2 is 1.88 bits per heavy atom. The number of para-hydroxylation sites is 1. The Kier molecular flexibility index (Phi) is 5.51. The minimum atomic E-state index is -0.0126. The van der Waals surface area contributed by atoms with Crippen molar-refractivity contribution in [1.82, 2.24) is 0 Å². The Labute approximate surface area is 147 Å². The highest BCUT2D eigenvalue weighted by atomic mass is 16.5. The summed E-state index contributed by atoms with van der Waals surface area (Å²) in [6.45, 7) is 3.05. The van der Waals surface area contributed by atoms with E-state index in [1.807, 2.05) is 24.3 Å². The quantitative estimate of drug-likeness (QED) is 0.621. The Morgan fingerprint density at radius 3 is 2.60 bits per heavy atom. The summed E-state index contributed by atoms with van der Waals surface area (Å²) in [6.07, 6.45) is 2.81. The summed E-state index contributed by atoms with van der Waals surface area (Å²) < 4.78 is 11.4. The molecule has 0 amide bonds. The van der Waals surface area contributed by atoms with Gasteiger partial charge in [0.1, 0.15) is 23.7 Å². The number of rotatable bonds is 8. The first kappa shape index (κ1) is 17.2. The van der Waals surface area contributed by atoms with E-state index in [9.17, 15) is 4.79 Å². The van der Waals surface area contributed by atoms with Crippen molar-refractivity contribution in [2.24, 2.45) is 5.73 Å². The van der Waals surface area contributed by atoms with Gasteiger partial charge in [0, 0.05) is 23.9 Å². The van der Waals surface area contributed by atoms with Crippen LogP contribution in [0.5, 0.6) is 5.75 Å². The monoisotopic (exact) mass is 337 g/mol. The molecule has 4 nitrogen and oxygen atoms in total. The second-order valence-electron chi connectivity index (χ2n) is 5.99. The summed E-state index contributed by atoms with van der Waals surface area (Å²) in [5.41, 5.74) is 7.51. The lowest BCUT2D eigenvalue weighted by Gasteiger charge is -2.06. The van der Waals surface area contributed by atoms with Crippen LogP contribution in [0.25, 0.3) is 11.0 Å². The Hall–Kier alpha value is -2.59. The highest BCUT2D eigenvalue weighted by Crippen LogP contribution is 2.29. The molecule has 0 spiro atoms. The summed E-state index contributed by atoms with van der Waals surface area (Å²) >= 11 is 0. The maximum Gasteiger partial charge on any atom is 0.197 e. The molecule has 3 aromatic rings. The van der Waals surface area contributed by atoms with Crippen LogP contribution in [0, 0.1) is 0 Å². The Balaban J connectivity index is 1.95. The van der Waals surface area contributed by atoms with Gasteiger partial charge in [0.15, 0.2) is 5.78 Å². The molecule has 0 aliphatic heterocycles. The van der Waals surface area contributed by atoms with Crippen LogP contribution in [-0.4, -0.2) is 18.9 Å². The number of aryl methyl sites for hydroxylation is 1. The minimum absolute atomic E-state index is 0.0126. The van der Waals surface area contributed by atoms with E-state index < -0.39 is 0 Å². The van der Waals surface area contributed by atoms with E-state index in [2.05, 4.69) is 6.92 Å². The lowest BCUT2D eigenvalue weighted by Crippen LogP contribution is -2.10. The molecule has 2 aromatic carbocycles. The summed E-state index contributed by atoms with van der Waals surface area (Å²) in [7, 11) is 0. The molecule has 1 aromatic heterocycles. The Morgan fingerprint density at radius 1 is 1.12 bits per heavy atom. The molecule has 0 fully saturated rings. The number of nitrogens with two attached hydrogens (primary N) is 1. The number of hydrogen-bond acceptors (Lipinski definition) is 4. The van der Waals surface area contributed by atoms with E-state index in [0.29, 0.717) is 30.0 Å². The van der Waals surface area contributed by atoms with E-state index in [4.69, 9.17) is 14.9 Å². The van der Waals surface area contributed by atoms with Gasteiger partial charge in [0.05, 0.1) is 5.56 Å². The standard InChI is InChI=1S/C21H23NO3/c1-2-3-7-19-20(17-6-4-5-8-18(17)25-19)21(23)15-9-11-16(12-10-15)24-14-13-22/h4-6,8-12H,2-3,7,13-14,22H2,1H3. The maximum atomic E-state index is 13.1. The molecule has 3 rings (SSSR count). The molecular formula is C21H23NO3. The fraction of sp³-hybridized carbons (Fsp3) is 0.286. The normalized spacial score (nSPS) is 11.0. The number of ether oxygens (including phenoxy) is 1. The van der Waals surface area contributed by atoms with Crippen molar-refractivity contribution in [3.05, 3.63) is 65.4 Å².